The largest absolute Gasteiger partial charge is 0.391 e. The highest BCUT2D eigenvalue weighted by Crippen LogP contribution is 2.44. The van der Waals surface area contributed by atoms with Crippen LogP contribution in [-0.4, -0.2) is 42.7 Å². The molecule has 2 aliphatic rings. The molecule has 2 heterocycles. The van der Waals surface area contributed by atoms with E-state index < -0.39 is 21.9 Å². The topological polar surface area (TPSA) is 79.4 Å². The minimum absolute atomic E-state index is 0.0335. The normalized spacial score (nSPS) is 22.8. The van der Waals surface area contributed by atoms with Crippen molar-refractivity contribution in [2.45, 2.75) is 76.7 Å². The summed E-state index contributed by atoms with van der Waals surface area (Å²) < 4.78 is 63.0. The third kappa shape index (κ3) is 6.37. The summed E-state index contributed by atoms with van der Waals surface area (Å²) in [5, 5.41) is 3.26. The van der Waals surface area contributed by atoms with Crippen LogP contribution in [0.15, 0.2) is 29.2 Å². The van der Waals surface area contributed by atoms with Gasteiger partial charge in [-0.05, 0) is 55.2 Å². The summed E-state index contributed by atoms with van der Waals surface area (Å²) in [4.78, 5) is 21.1. The Morgan fingerprint density at radius 2 is 1.81 bits per heavy atom. The van der Waals surface area contributed by atoms with Gasteiger partial charge in [0.2, 0.25) is 0 Å². The Labute approximate surface area is 220 Å². The molecule has 1 N–H and O–H groups in total. The maximum atomic E-state index is 13.0. The third-order valence-corrected chi connectivity index (χ3v) is 10.3. The van der Waals surface area contributed by atoms with Crippen LogP contribution in [0.3, 0.4) is 0 Å². The van der Waals surface area contributed by atoms with Gasteiger partial charge in [-0.25, -0.2) is 13.4 Å². The van der Waals surface area contributed by atoms with Gasteiger partial charge in [0, 0.05) is 24.5 Å². The van der Waals surface area contributed by atoms with Crippen LogP contribution in [0, 0.1) is 17.8 Å². The molecule has 1 saturated carbocycles. The predicted molar refractivity (Wildman–Crippen MR) is 137 cm³/mol. The highest BCUT2D eigenvalue weighted by Gasteiger charge is 2.43. The van der Waals surface area contributed by atoms with Gasteiger partial charge >= 0.3 is 6.18 Å². The molecule has 0 bridgehead atoms. The highest BCUT2D eigenvalue weighted by molar-refractivity contribution is 7.91. The SMILES string of the molecule is CCS(=O)(=O)c1ccc(CNC(=O)c2nc3c(s2)CN(CC2CCC(C(F)(F)F)CC2)[C@H]3C(C)C)cc1. The summed E-state index contributed by atoms with van der Waals surface area (Å²) in [6, 6.07) is 6.53. The van der Waals surface area contributed by atoms with Crippen LogP contribution in [0.5, 0.6) is 0 Å². The Bertz CT molecular complexity index is 1200. The van der Waals surface area contributed by atoms with E-state index in [1.54, 1.807) is 31.2 Å². The molecule has 37 heavy (non-hydrogen) atoms. The molecule has 4 rings (SSSR count). The van der Waals surface area contributed by atoms with E-state index in [-0.39, 0.29) is 53.8 Å². The van der Waals surface area contributed by atoms with E-state index >= 15 is 0 Å². The Kier molecular flexibility index (Phi) is 8.35. The molecule has 6 nitrogen and oxygen atoms in total. The standard InChI is InChI=1S/C26H34F3N3O3S2/c1-4-37(34,35)20-11-7-17(8-12-20)13-30-24(33)25-31-22-21(36-25)15-32(23(22)16(2)3)14-18-5-9-19(10-6-18)26(27,28)29/h7-8,11-12,16,18-19,23H,4-6,9-10,13-15H2,1-3H3,(H,30,33)/t18?,19?,23-/m0/s1. The smallest absolute Gasteiger partial charge is 0.346 e. The molecule has 2 aromatic rings. The van der Waals surface area contributed by atoms with E-state index in [2.05, 4.69) is 29.0 Å². The van der Waals surface area contributed by atoms with Crippen LogP contribution >= 0.6 is 11.3 Å². The number of carbonyl (C=O) groups is 1. The molecule has 1 aliphatic carbocycles. The number of thiazole rings is 1. The van der Waals surface area contributed by atoms with Crippen LogP contribution in [-0.2, 0) is 22.9 Å². The van der Waals surface area contributed by atoms with Gasteiger partial charge in [-0.15, -0.1) is 11.3 Å². The van der Waals surface area contributed by atoms with Crippen molar-refractivity contribution in [3.05, 3.63) is 45.4 Å². The van der Waals surface area contributed by atoms with Gasteiger partial charge in [-0.1, -0.05) is 32.9 Å². The number of amides is 1. The molecule has 1 amide bonds. The van der Waals surface area contributed by atoms with Crippen molar-refractivity contribution >= 4 is 27.1 Å². The summed E-state index contributed by atoms with van der Waals surface area (Å²) in [7, 11) is -3.27. The number of benzene rings is 1. The first kappa shape index (κ1) is 28.0. The first-order valence-corrected chi connectivity index (χ1v) is 15.3. The second kappa shape index (κ2) is 11.0. The molecule has 204 valence electrons. The molecule has 1 aliphatic heterocycles. The first-order chi connectivity index (χ1) is 17.4. The first-order valence-electron chi connectivity index (χ1n) is 12.8. The van der Waals surface area contributed by atoms with E-state index in [4.69, 9.17) is 0 Å². The van der Waals surface area contributed by atoms with E-state index in [9.17, 15) is 26.4 Å². The lowest BCUT2D eigenvalue weighted by Crippen LogP contribution is -2.35. The third-order valence-electron chi connectivity index (χ3n) is 7.49. The lowest BCUT2D eigenvalue weighted by Gasteiger charge is -2.35. The molecular weight excluding hydrogens is 523 g/mol. The Morgan fingerprint density at radius 1 is 1.16 bits per heavy atom. The molecule has 11 heteroatoms. The van der Waals surface area contributed by atoms with Crippen LogP contribution in [0.2, 0.25) is 0 Å². The van der Waals surface area contributed by atoms with Gasteiger partial charge < -0.3 is 5.32 Å². The van der Waals surface area contributed by atoms with Gasteiger partial charge in [0.1, 0.15) is 0 Å². The fourth-order valence-corrected chi connectivity index (χ4v) is 7.35. The number of halogens is 3. The molecule has 0 saturated heterocycles. The minimum Gasteiger partial charge on any atom is -0.346 e. The summed E-state index contributed by atoms with van der Waals surface area (Å²) in [6.45, 7) is 7.48. The summed E-state index contributed by atoms with van der Waals surface area (Å²) in [5.74, 6) is -0.913. The fraction of sp³-hybridized carbons (Fsp3) is 0.615. The van der Waals surface area contributed by atoms with Crippen molar-refractivity contribution in [1.82, 2.24) is 15.2 Å². The van der Waals surface area contributed by atoms with Gasteiger partial charge in [-0.3, -0.25) is 9.69 Å². The van der Waals surface area contributed by atoms with Gasteiger partial charge in [0.25, 0.3) is 5.91 Å². The zero-order valence-electron chi connectivity index (χ0n) is 21.3. The molecule has 1 aromatic carbocycles. The van der Waals surface area contributed by atoms with Gasteiger partial charge in [0.15, 0.2) is 14.8 Å². The number of nitrogens with zero attached hydrogens (tertiary/aromatic N) is 2. The lowest BCUT2D eigenvalue weighted by molar-refractivity contribution is -0.184. The van der Waals surface area contributed by atoms with Crippen LogP contribution in [0.1, 0.15) is 78.4 Å². The molecular formula is C26H34F3N3O3S2. The predicted octanol–water partition coefficient (Wildman–Crippen LogP) is 5.75. The minimum atomic E-state index is -4.09. The Hall–Kier alpha value is -1.98. The van der Waals surface area contributed by atoms with Crippen molar-refractivity contribution in [2.75, 3.05) is 12.3 Å². The summed E-state index contributed by atoms with van der Waals surface area (Å²) >= 11 is 1.37. The molecule has 0 spiro atoms. The fourth-order valence-electron chi connectivity index (χ4n) is 5.42. The Morgan fingerprint density at radius 3 is 2.38 bits per heavy atom. The molecule has 1 aromatic heterocycles. The summed E-state index contributed by atoms with van der Waals surface area (Å²) in [6.07, 6.45) is -2.51. The lowest BCUT2D eigenvalue weighted by atomic mass is 9.81. The van der Waals surface area contributed by atoms with Crippen molar-refractivity contribution in [3.63, 3.8) is 0 Å². The highest BCUT2D eigenvalue weighted by atomic mass is 32.2. The van der Waals surface area contributed by atoms with Crippen molar-refractivity contribution in [2.24, 2.45) is 17.8 Å². The molecule has 1 fully saturated rings. The number of sulfone groups is 1. The van der Waals surface area contributed by atoms with Crippen molar-refractivity contribution in [3.8, 4) is 0 Å². The second-order valence-corrected chi connectivity index (χ2v) is 13.8. The number of nitrogens with one attached hydrogen (secondary N) is 1. The maximum absolute atomic E-state index is 13.0. The van der Waals surface area contributed by atoms with Gasteiger partial charge in [-0.2, -0.15) is 13.2 Å². The number of hydrogen-bond donors (Lipinski definition) is 1. The van der Waals surface area contributed by atoms with Crippen LogP contribution in [0.4, 0.5) is 13.2 Å². The number of carbonyl (C=O) groups excluding carboxylic acids is 1. The second-order valence-electron chi connectivity index (χ2n) is 10.4. The van der Waals surface area contributed by atoms with E-state index in [1.807, 2.05) is 0 Å². The van der Waals surface area contributed by atoms with Crippen LogP contribution < -0.4 is 5.32 Å². The molecule has 0 radical (unpaired) electrons. The molecule has 0 unspecified atom stereocenters. The van der Waals surface area contributed by atoms with E-state index in [1.165, 1.54) is 11.3 Å². The summed E-state index contributed by atoms with van der Waals surface area (Å²) in [5.41, 5.74) is 1.70. The number of hydrogen-bond acceptors (Lipinski definition) is 6. The zero-order chi connectivity index (χ0) is 27.0. The quantitative estimate of drug-likeness (QED) is 0.447. The zero-order valence-corrected chi connectivity index (χ0v) is 23.0. The maximum Gasteiger partial charge on any atom is 0.391 e. The number of alkyl halides is 3. The average molecular weight is 558 g/mol. The number of fused-ring (bicyclic) bond motifs is 1. The van der Waals surface area contributed by atoms with E-state index in [0.717, 1.165) is 22.7 Å². The number of rotatable bonds is 8. The van der Waals surface area contributed by atoms with Crippen LogP contribution in [0.25, 0.3) is 0 Å². The van der Waals surface area contributed by atoms with E-state index in [0.29, 0.717) is 24.4 Å². The molecule has 1 atom stereocenters. The number of aromatic nitrogens is 1. The van der Waals surface area contributed by atoms with Gasteiger partial charge in [0.05, 0.1) is 28.3 Å². The van der Waals surface area contributed by atoms with Crippen molar-refractivity contribution < 1.29 is 26.4 Å². The Balaban J connectivity index is 1.36. The van der Waals surface area contributed by atoms with Crippen molar-refractivity contribution in [1.29, 1.82) is 0 Å². The average Bonchev–Trinajstić information content (AvgIpc) is 3.40. The monoisotopic (exact) mass is 557 g/mol.